The molecule has 92 valence electrons. The van der Waals surface area contributed by atoms with Crippen LogP contribution in [0.3, 0.4) is 0 Å². The minimum Gasteiger partial charge on any atom is -0.497 e. The molecular formula is C14H20N2O. The molecule has 1 aromatic rings. The van der Waals surface area contributed by atoms with Gasteiger partial charge in [0.15, 0.2) is 0 Å². The standard InChI is InChI=1S/C14H20N2O/c1-17-13-4-2-3-12(9-13)16-8-6-11-5-7-15-14(11)10-16/h2-4,9,11,14-15H,5-8,10H2,1H3. The third-order valence-electron chi connectivity index (χ3n) is 4.10. The van der Waals surface area contributed by atoms with Crippen LogP contribution in [0.5, 0.6) is 5.75 Å². The molecule has 2 atom stereocenters. The lowest BCUT2D eigenvalue weighted by molar-refractivity contribution is 0.373. The van der Waals surface area contributed by atoms with Gasteiger partial charge in [0.25, 0.3) is 0 Å². The molecule has 0 bridgehead atoms. The molecule has 3 nitrogen and oxygen atoms in total. The van der Waals surface area contributed by atoms with Gasteiger partial charge in [-0.1, -0.05) is 6.07 Å². The van der Waals surface area contributed by atoms with Crippen LogP contribution >= 0.6 is 0 Å². The Balaban J connectivity index is 1.75. The predicted molar refractivity (Wildman–Crippen MR) is 69.7 cm³/mol. The van der Waals surface area contributed by atoms with Gasteiger partial charge in [0, 0.05) is 30.9 Å². The number of hydrogen-bond donors (Lipinski definition) is 1. The van der Waals surface area contributed by atoms with Crippen LogP contribution < -0.4 is 15.0 Å². The van der Waals surface area contributed by atoms with Gasteiger partial charge in [-0.05, 0) is 37.4 Å². The SMILES string of the molecule is COc1cccc(N2CCC3CCNC3C2)c1. The van der Waals surface area contributed by atoms with E-state index in [0.717, 1.165) is 18.2 Å². The highest BCUT2D eigenvalue weighted by molar-refractivity contribution is 5.51. The summed E-state index contributed by atoms with van der Waals surface area (Å²) >= 11 is 0. The zero-order valence-corrected chi connectivity index (χ0v) is 10.4. The number of ether oxygens (including phenoxy) is 1. The average Bonchev–Trinajstić information content (AvgIpc) is 2.86. The molecule has 0 amide bonds. The zero-order valence-electron chi connectivity index (χ0n) is 10.4. The van der Waals surface area contributed by atoms with Crippen molar-refractivity contribution in [3.05, 3.63) is 24.3 Å². The number of anilines is 1. The molecule has 0 aliphatic carbocycles. The molecule has 0 saturated carbocycles. The molecule has 0 aromatic heterocycles. The molecule has 2 aliphatic heterocycles. The lowest BCUT2D eigenvalue weighted by atomic mass is 9.92. The second-order valence-electron chi connectivity index (χ2n) is 5.05. The van der Waals surface area contributed by atoms with Gasteiger partial charge < -0.3 is 15.0 Å². The van der Waals surface area contributed by atoms with Crippen LogP contribution in [-0.2, 0) is 0 Å². The summed E-state index contributed by atoms with van der Waals surface area (Å²) < 4.78 is 5.29. The van der Waals surface area contributed by atoms with Gasteiger partial charge in [0.2, 0.25) is 0 Å². The second kappa shape index (κ2) is 4.57. The van der Waals surface area contributed by atoms with Crippen LogP contribution in [0, 0.1) is 5.92 Å². The van der Waals surface area contributed by atoms with E-state index in [-0.39, 0.29) is 0 Å². The molecular weight excluding hydrogens is 212 g/mol. The maximum absolute atomic E-state index is 5.29. The van der Waals surface area contributed by atoms with Crippen molar-refractivity contribution in [1.82, 2.24) is 5.32 Å². The highest BCUT2D eigenvalue weighted by Gasteiger charge is 2.32. The van der Waals surface area contributed by atoms with Crippen molar-refractivity contribution in [2.45, 2.75) is 18.9 Å². The molecule has 17 heavy (non-hydrogen) atoms. The predicted octanol–water partition coefficient (Wildman–Crippen LogP) is 1.88. The Kier molecular flexibility index (Phi) is 2.93. The molecule has 0 radical (unpaired) electrons. The highest BCUT2D eigenvalue weighted by Crippen LogP contribution is 2.29. The molecule has 2 heterocycles. The number of fused-ring (bicyclic) bond motifs is 1. The Morgan fingerprint density at radius 1 is 1.35 bits per heavy atom. The summed E-state index contributed by atoms with van der Waals surface area (Å²) in [5.74, 6) is 1.85. The summed E-state index contributed by atoms with van der Waals surface area (Å²) in [6.07, 6.45) is 2.67. The Labute approximate surface area is 103 Å². The highest BCUT2D eigenvalue weighted by atomic mass is 16.5. The van der Waals surface area contributed by atoms with Crippen molar-refractivity contribution in [2.24, 2.45) is 5.92 Å². The first kappa shape index (κ1) is 10.9. The van der Waals surface area contributed by atoms with Gasteiger partial charge in [-0.25, -0.2) is 0 Å². The quantitative estimate of drug-likeness (QED) is 0.842. The Morgan fingerprint density at radius 3 is 3.18 bits per heavy atom. The van der Waals surface area contributed by atoms with E-state index >= 15 is 0 Å². The summed E-state index contributed by atoms with van der Waals surface area (Å²) in [5.41, 5.74) is 1.29. The molecule has 2 saturated heterocycles. The van der Waals surface area contributed by atoms with E-state index in [2.05, 4.69) is 28.4 Å². The largest absolute Gasteiger partial charge is 0.497 e. The van der Waals surface area contributed by atoms with Crippen molar-refractivity contribution >= 4 is 5.69 Å². The molecule has 0 spiro atoms. The number of methoxy groups -OCH3 is 1. The first-order chi connectivity index (χ1) is 8.36. The Morgan fingerprint density at radius 2 is 2.29 bits per heavy atom. The lowest BCUT2D eigenvalue weighted by Crippen LogP contribution is -2.46. The molecule has 2 fully saturated rings. The van der Waals surface area contributed by atoms with Gasteiger partial charge in [-0.3, -0.25) is 0 Å². The maximum Gasteiger partial charge on any atom is 0.120 e. The van der Waals surface area contributed by atoms with E-state index < -0.39 is 0 Å². The summed E-state index contributed by atoms with van der Waals surface area (Å²) in [4.78, 5) is 2.47. The van der Waals surface area contributed by atoms with Gasteiger partial charge in [-0.15, -0.1) is 0 Å². The summed E-state index contributed by atoms with van der Waals surface area (Å²) in [7, 11) is 1.73. The van der Waals surface area contributed by atoms with E-state index in [4.69, 9.17) is 4.74 Å². The van der Waals surface area contributed by atoms with E-state index in [9.17, 15) is 0 Å². The number of rotatable bonds is 2. The fourth-order valence-corrected chi connectivity index (χ4v) is 3.07. The average molecular weight is 232 g/mol. The van der Waals surface area contributed by atoms with Crippen LogP contribution in [0.15, 0.2) is 24.3 Å². The van der Waals surface area contributed by atoms with Crippen LogP contribution in [0.1, 0.15) is 12.8 Å². The van der Waals surface area contributed by atoms with Crippen molar-refractivity contribution in [3.63, 3.8) is 0 Å². The normalized spacial score (nSPS) is 27.9. The third kappa shape index (κ3) is 2.12. The fourth-order valence-electron chi connectivity index (χ4n) is 3.07. The zero-order chi connectivity index (χ0) is 11.7. The Bertz CT molecular complexity index is 394. The molecule has 1 N–H and O–H groups in total. The maximum atomic E-state index is 5.29. The number of hydrogen-bond acceptors (Lipinski definition) is 3. The topological polar surface area (TPSA) is 24.5 Å². The van der Waals surface area contributed by atoms with E-state index in [1.165, 1.54) is 31.6 Å². The van der Waals surface area contributed by atoms with Crippen molar-refractivity contribution in [2.75, 3.05) is 31.6 Å². The number of piperidine rings is 1. The minimum absolute atomic E-state index is 0.690. The van der Waals surface area contributed by atoms with Crippen molar-refractivity contribution < 1.29 is 4.74 Å². The van der Waals surface area contributed by atoms with Crippen LogP contribution in [-0.4, -0.2) is 32.8 Å². The lowest BCUT2D eigenvalue weighted by Gasteiger charge is -2.36. The Hall–Kier alpha value is -1.22. The summed E-state index contributed by atoms with van der Waals surface area (Å²) in [6.45, 7) is 3.51. The van der Waals surface area contributed by atoms with Crippen LogP contribution in [0.4, 0.5) is 5.69 Å². The molecule has 3 heteroatoms. The molecule has 3 rings (SSSR count). The van der Waals surface area contributed by atoms with Gasteiger partial charge >= 0.3 is 0 Å². The van der Waals surface area contributed by atoms with Gasteiger partial charge in [0.05, 0.1) is 7.11 Å². The van der Waals surface area contributed by atoms with E-state index in [0.29, 0.717) is 6.04 Å². The summed E-state index contributed by atoms with van der Waals surface area (Å²) in [5, 5.41) is 3.61. The van der Waals surface area contributed by atoms with Crippen molar-refractivity contribution in [1.29, 1.82) is 0 Å². The van der Waals surface area contributed by atoms with Crippen LogP contribution in [0.2, 0.25) is 0 Å². The monoisotopic (exact) mass is 232 g/mol. The summed E-state index contributed by atoms with van der Waals surface area (Å²) in [6, 6.07) is 9.08. The molecule has 2 aliphatic rings. The first-order valence-corrected chi connectivity index (χ1v) is 6.49. The first-order valence-electron chi connectivity index (χ1n) is 6.49. The number of nitrogens with zero attached hydrogens (tertiary/aromatic N) is 1. The fraction of sp³-hybridized carbons (Fsp3) is 0.571. The minimum atomic E-state index is 0.690. The number of nitrogens with one attached hydrogen (secondary N) is 1. The van der Waals surface area contributed by atoms with Gasteiger partial charge in [-0.2, -0.15) is 0 Å². The smallest absolute Gasteiger partial charge is 0.120 e. The van der Waals surface area contributed by atoms with Gasteiger partial charge in [0.1, 0.15) is 5.75 Å². The molecule has 2 unspecified atom stereocenters. The number of benzene rings is 1. The van der Waals surface area contributed by atoms with E-state index in [1.807, 2.05) is 6.07 Å². The second-order valence-corrected chi connectivity index (χ2v) is 5.05. The van der Waals surface area contributed by atoms with Crippen LogP contribution in [0.25, 0.3) is 0 Å². The van der Waals surface area contributed by atoms with E-state index in [1.54, 1.807) is 7.11 Å². The van der Waals surface area contributed by atoms with Crippen molar-refractivity contribution in [3.8, 4) is 5.75 Å². The molecule has 1 aromatic carbocycles. The third-order valence-corrected chi connectivity index (χ3v) is 4.10.